The van der Waals surface area contributed by atoms with E-state index in [1.165, 1.54) is 0 Å². The molecule has 1 N–H and O–H groups in total. The van der Waals surface area contributed by atoms with E-state index in [-0.39, 0.29) is 6.10 Å². The quantitative estimate of drug-likeness (QED) is 0.546. The normalized spacial score (nSPS) is 11.3. The second-order valence-corrected chi connectivity index (χ2v) is 5.43. The van der Waals surface area contributed by atoms with Crippen molar-refractivity contribution < 1.29 is 13.9 Å². The van der Waals surface area contributed by atoms with Crippen molar-refractivity contribution >= 4 is 23.3 Å². The van der Waals surface area contributed by atoms with Gasteiger partial charge in [0.25, 0.3) is 0 Å². The fraction of sp³-hybridized carbons (Fsp3) is 0.222. The first-order valence-electron chi connectivity index (χ1n) is 7.65. The minimum absolute atomic E-state index is 0.0826. The maximum atomic E-state index is 5.69. The van der Waals surface area contributed by atoms with Crippen LogP contribution in [-0.4, -0.2) is 24.4 Å². The molecular formula is C18H19N3O3. The molecule has 0 atom stereocenters. The number of benzene rings is 2. The van der Waals surface area contributed by atoms with Gasteiger partial charge in [-0.1, -0.05) is 12.1 Å². The Balaban J connectivity index is 1.71. The molecule has 6 heteroatoms. The number of nitrogens with one attached hydrogen (secondary N) is 1. The lowest BCUT2D eigenvalue weighted by atomic mass is 10.2. The predicted molar refractivity (Wildman–Crippen MR) is 94.0 cm³/mol. The Hall–Kier alpha value is -3.02. The lowest BCUT2D eigenvalue weighted by Crippen LogP contribution is -2.06. The van der Waals surface area contributed by atoms with Crippen molar-refractivity contribution in [3.05, 3.63) is 48.0 Å². The highest BCUT2D eigenvalue weighted by molar-refractivity contribution is 5.81. The van der Waals surface area contributed by atoms with Crippen molar-refractivity contribution in [3.63, 3.8) is 0 Å². The van der Waals surface area contributed by atoms with Gasteiger partial charge >= 0.3 is 6.01 Å². The smallest absolute Gasteiger partial charge is 0.316 e. The standard InChI is InChI=1S/C18H19N3O3/c1-12(2)23-16-9-8-13(10-17(16)22-3)11-19-21-18-20-14-6-4-5-7-15(14)24-18/h4-12H,1-3H3,(H,20,21)/b19-11+. The van der Waals surface area contributed by atoms with Gasteiger partial charge in [0, 0.05) is 0 Å². The summed E-state index contributed by atoms with van der Waals surface area (Å²) in [6.45, 7) is 3.94. The molecule has 2 aromatic carbocycles. The van der Waals surface area contributed by atoms with E-state index >= 15 is 0 Å². The number of hydrazone groups is 1. The number of nitrogens with zero attached hydrogens (tertiary/aromatic N) is 2. The first-order valence-corrected chi connectivity index (χ1v) is 7.65. The van der Waals surface area contributed by atoms with Crippen molar-refractivity contribution in [2.75, 3.05) is 12.5 Å². The zero-order chi connectivity index (χ0) is 16.9. The number of ether oxygens (including phenoxy) is 2. The molecule has 0 bridgehead atoms. The van der Waals surface area contributed by atoms with E-state index in [9.17, 15) is 0 Å². The Labute approximate surface area is 140 Å². The highest BCUT2D eigenvalue weighted by Crippen LogP contribution is 2.28. The lowest BCUT2D eigenvalue weighted by Gasteiger charge is -2.13. The third kappa shape index (κ3) is 3.65. The SMILES string of the molecule is COc1cc(/C=N/Nc2nc3ccccc3o2)ccc1OC(C)C. The van der Waals surface area contributed by atoms with Crippen LogP contribution < -0.4 is 14.9 Å². The van der Waals surface area contributed by atoms with Crippen molar-refractivity contribution in [1.29, 1.82) is 0 Å². The number of methoxy groups -OCH3 is 1. The van der Waals surface area contributed by atoms with Crippen LogP contribution in [0.25, 0.3) is 11.1 Å². The van der Waals surface area contributed by atoms with Gasteiger partial charge in [-0.2, -0.15) is 10.1 Å². The molecule has 0 spiro atoms. The Kier molecular flexibility index (Phi) is 4.65. The summed E-state index contributed by atoms with van der Waals surface area (Å²) < 4.78 is 16.6. The molecule has 24 heavy (non-hydrogen) atoms. The number of hydrogen-bond donors (Lipinski definition) is 1. The third-order valence-electron chi connectivity index (χ3n) is 3.22. The number of anilines is 1. The second kappa shape index (κ2) is 7.04. The topological polar surface area (TPSA) is 68.9 Å². The number of oxazole rings is 1. The molecule has 0 saturated carbocycles. The van der Waals surface area contributed by atoms with E-state index < -0.39 is 0 Å². The highest BCUT2D eigenvalue weighted by atomic mass is 16.5. The van der Waals surface area contributed by atoms with E-state index in [2.05, 4.69) is 15.5 Å². The van der Waals surface area contributed by atoms with Crippen LogP contribution in [0.3, 0.4) is 0 Å². The van der Waals surface area contributed by atoms with Crippen molar-refractivity contribution in [1.82, 2.24) is 4.98 Å². The number of rotatable bonds is 6. The average Bonchev–Trinajstić information content (AvgIpc) is 2.98. The Bertz CT molecular complexity index is 823. The maximum Gasteiger partial charge on any atom is 0.316 e. The molecular weight excluding hydrogens is 306 g/mol. The molecule has 1 heterocycles. The van der Waals surface area contributed by atoms with E-state index in [4.69, 9.17) is 13.9 Å². The molecule has 0 amide bonds. The summed E-state index contributed by atoms with van der Waals surface area (Å²) in [7, 11) is 1.61. The minimum Gasteiger partial charge on any atom is -0.493 e. The van der Waals surface area contributed by atoms with Gasteiger partial charge in [-0.25, -0.2) is 5.43 Å². The van der Waals surface area contributed by atoms with Crippen LogP contribution in [0.15, 0.2) is 52.0 Å². The van der Waals surface area contributed by atoms with E-state index in [1.807, 2.05) is 56.3 Å². The van der Waals surface area contributed by atoms with Gasteiger partial charge in [0.2, 0.25) is 0 Å². The van der Waals surface area contributed by atoms with Gasteiger partial charge in [-0.15, -0.1) is 0 Å². The number of aromatic nitrogens is 1. The minimum atomic E-state index is 0.0826. The summed E-state index contributed by atoms with van der Waals surface area (Å²) in [5, 5.41) is 4.15. The molecule has 6 nitrogen and oxygen atoms in total. The average molecular weight is 325 g/mol. The molecule has 124 valence electrons. The van der Waals surface area contributed by atoms with Crippen LogP contribution in [0.2, 0.25) is 0 Å². The predicted octanol–water partition coefficient (Wildman–Crippen LogP) is 4.07. The van der Waals surface area contributed by atoms with Crippen molar-refractivity contribution in [2.45, 2.75) is 20.0 Å². The fourth-order valence-corrected chi connectivity index (χ4v) is 2.20. The third-order valence-corrected chi connectivity index (χ3v) is 3.22. The van der Waals surface area contributed by atoms with Gasteiger partial charge in [0.15, 0.2) is 17.1 Å². The molecule has 0 aliphatic rings. The van der Waals surface area contributed by atoms with E-state index in [1.54, 1.807) is 13.3 Å². The van der Waals surface area contributed by atoms with Crippen LogP contribution in [0, 0.1) is 0 Å². The first kappa shape index (κ1) is 15.9. The van der Waals surface area contributed by atoms with Crippen LogP contribution in [-0.2, 0) is 0 Å². The second-order valence-electron chi connectivity index (χ2n) is 5.43. The van der Waals surface area contributed by atoms with Gasteiger partial charge in [-0.3, -0.25) is 0 Å². The summed E-state index contributed by atoms with van der Waals surface area (Å²) in [6.07, 6.45) is 1.75. The molecule has 0 aliphatic carbocycles. The van der Waals surface area contributed by atoms with Crippen LogP contribution in [0.5, 0.6) is 11.5 Å². The zero-order valence-electron chi connectivity index (χ0n) is 13.8. The summed E-state index contributed by atoms with van der Waals surface area (Å²) in [4.78, 5) is 4.29. The van der Waals surface area contributed by atoms with Gasteiger partial charge < -0.3 is 13.9 Å². The lowest BCUT2D eigenvalue weighted by molar-refractivity contribution is 0.230. The van der Waals surface area contributed by atoms with E-state index in [0.717, 1.165) is 11.1 Å². The molecule has 0 unspecified atom stereocenters. The fourth-order valence-electron chi connectivity index (χ4n) is 2.20. The highest BCUT2D eigenvalue weighted by Gasteiger charge is 2.07. The summed E-state index contributed by atoms with van der Waals surface area (Å²) in [6, 6.07) is 13.5. The Morgan fingerprint density at radius 2 is 2.00 bits per heavy atom. The van der Waals surface area contributed by atoms with Gasteiger partial charge in [-0.05, 0) is 49.7 Å². The Morgan fingerprint density at radius 3 is 2.75 bits per heavy atom. The number of fused-ring (bicyclic) bond motifs is 1. The van der Waals surface area contributed by atoms with Crippen molar-refractivity contribution in [2.24, 2.45) is 5.10 Å². The van der Waals surface area contributed by atoms with Crippen LogP contribution in [0.1, 0.15) is 19.4 Å². The van der Waals surface area contributed by atoms with Gasteiger partial charge in [0.05, 0.1) is 19.4 Å². The molecule has 0 radical (unpaired) electrons. The van der Waals surface area contributed by atoms with Crippen LogP contribution >= 0.6 is 0 Å². The molecule has 0 fully saturated rings. The van der Waals surface area contributed by atoms with E-state index in [0.29, 0.717) is 23.1 Å². The largest absolute Gasteiger partial charge is 0.493 e. The summed E-state index contributed by atoms with van der Waals surface area (Å²) >= 11 is 0. The summed E-state index contributed by atoms with van der Waals surface area (Å²) in [5.41, 5.74) is 5.15. The maximum absolute atomic E-state index is 5.69. The first-order chi connectivity index (χ1) is 11.7. The molecule has 0 saturated heterocycles. The van der Waals surface area contributed by atoms with Crippen LogP contribution in [0.4, 0.5) is 6.01 Å². The zero-order valence-corrected chi connectivity index (χ0v) is 13.8. The van der Waals surface area contributed by atoms with Crippen molar-refractivity contribution in [3.8, 4) is 11.5 Å². The van der Waals surface area contributed by atoms with Gasteiger partial charge in [0.1, 0.15) is 5.52 Å². The molecule has 0 aliphatic heterocycles. The Morgan fingerprint density at radius 1 is 1.17 bits per heavy atom. The number of hydrogen-bond acceptors (Lipinski definition) is 6. The molecule has 1 aromatic heterocycles. The number of para-hydroxylation sites is 2. The molecule has 3 aromatic rings. The molecule has 3 rings (SSSR count). The monoisotopic (exact) mass is 325 g/mol. The summed E-state index contributed by atoms with van der Waals surface area (Å²) in [5.74, 6) is 1.37.